The van der Waals surface area contributed by atoms with Gasteiger partial charge < -0.3 is 5.73 Å². The minimum atomic E-state index is 0.189. The zero-order chi connectivity index (χ0) is 10.3. The number of nitrogens with zero attached hydrogens (tertiary/aromatic N) is 1. The van der Waals surface area contributed by atoms with Crippen LogP contribution in [0.5, 0.6) is 0 Å². The zero-order valence-electron chi connectivity index (χ0n) is 8.41. The van der Waals surface area contributed by atoms with Crippen LogP contribution in [0.1, 0.15) is 35.8 Å². The minimum Gasteiger partial charge on any atom is -0.389 e. The first-order valence-electron chi connectivity index (χ1n) is 4.92. The second-order valence-electron chi connectivity index (χ2n) is 3.87. The summed E-state index contributed by atoms with van der Waals surface area (Å²) in [4.78, 5) is 16.1. The van der Waals surface area contributed by atoms with Crippen LogP contribution in [-0.4, -0.2) is 10.8 Å². The average molecular weight is 210 g/mol. The lowest BCUT2D eigenvalue weighted by molar-refractivity contribution is 0.0962. The van der Waals surface area contributed by atoms with Gasteiger partial charge in [-0.15, -0.1) is 0 Å². The van der Waals surface area contributed by atoms with Gasteiger partial charge in [0.05, 0.1) is 5.69 Å². The molecule has 1 aromatic heterocycles. The molecule has 0 aromatic carbocycles. The number of aryl methyl sites for hydroxylation is 1. The molecule has 2 unspecified atom stereocenters. The number of carbonyl (C=O) groups is 1. The molecule has 0 aliphatic heterocycles. The summed E-state index contributed by atoms with van der Waals surface area (Å²) in [6.45, 7) is 4.10. The average Bonchev–Trinajstić information content (AvgIpc) is 2.75. The second-order valence-corrected chi connectivity index (χ2v) is 4.90. The fourth-order valence-electron chi connectivity index (χ4n) is 1.57. The quantitative estimate of drug-likeness (QED) is 0.777. The standard InChI is InChI=1S/C10H14N2OS/c1-3-7-9(11)14-10(12-7)8(13)6-4-5(6)2/h5-6H,3-4,11H2,1-2H3. The molecule has 0 spiro atoms. The fraction of sp³-hybridized carbons (Fsp3) is 0.600. The van der Waals surface area contributed by atoms with Crippen LogP contribution in [0.2, 0.25) is 0 Å². The van der Waals surface area contributed by atoms with Crippen molar-refractivity contribution < 1.29 is 4.79 Å². The van der Waals surface area contributed by atoms with E-state index in [1.54, 1.807) is 0 Å². The largest absolute Gasteiger partial charge is 0.389 e. The number of carbonyl (C=O) groups excluding carboxylic acids is 1. The number of rotatable bonds is 3. The van der Waals surface area contributed by atoms with Crippen molar-refractivity contribution >= 4 is 22.1 Å². The molecule has 1 heterocycles. The molecular weight excluding hydrogens is 196 g/mol. The van der Waals surface area contributed by atoms with Crippen molar-refractivity contribution in [1.29, 1.82) is 0 Å². The Morgan fingerprint density at radius 3 is 2.79 bits per heavy atom. The maximum Gasteiger partial charge on any atom is 0.194 e. The molecule has 2 N–H and O–H groups in total. The van der Waals surface area contributed by atoms with Crippen LogP contribution in [0.25, 0.3) is 0 Å². The predicted octanol–water partition coefficient (Wildman–Crippen LogP) is 2.13. The molecule has 0 bridgehead atoms. The Hall–Kier alpha value is -0.900. The predicted molar refractivity (Wildman–Crippen MR) is 57.5 cm³/mol. The number of nitrogens with two attached hydrogens (primary N) is 1. The molecule has 1 fully saturated rings. The molecule has 0 amide bonds. The molecule has 1 aliphatic carbocycles. The summed E-state index contributed by atoms with van der Waals surface area (Å²) in [6, 6.07) is 0. The number of anilines is 1. The maximum absolute atomic E-state index is 11.8. The SMILES string of the molecule is CCc1nc(C(=O)C2CC2C)sc1N. The van der Waals surface area contributed by atoms with Gasteiger partial charge in [0.25, 0.3) is 0 Å². The van der Waals surface area contributed by atoms with E-state index in [0.29, 0.717) is 15.9 Å². The van der Waals surface area contributed by atoms with E-state index in [1.807, 2.05) is 6.92 Å². The van der Waals surface area contributed by atoms with E-state index in [1.165, 1.54) is 11.3 Å². The summed E-state index contributed by atoms with van der Waals surface area (Å²) in [5.74, 6) is 0.942. The van der Waals surface area contributed by atoms with E-state index in [4.69, 9.17) is 5.73 Å². The lowest BCUT2D eigenvalue weighted by Gasteiger charge is -1.90. The Labute approximate surface area is 87.3 Å². The highest BCUT2D eigenvalue weighted by atomic mass is 32.1. The lowest BCUT2D eigenvalue weighted by Crippen LogP contribution is -2.02. The number of hydrogen-bond donors (Lipinski definition) is 1. The summed E-state index contributed by atoms with van der Waals surface area (Å²) >= 11 is 1.33. The van der Waals surface area contributed by atoms with Crippen molar-refractivity contribution in [2.24, 2.45) is 11.8 Å². The first kappa shape index (κ1) is 9.65. The van der Waals surface area contributed by atoms with Crippen LogP contribution in [0.4, 0.5) is 5.00 Å². The van der Waals surface area contributed by atoms with Gasteiger partial charge in [0.2, 0.25) is 0 Å². The third-order valence-electron chi connectivity index (χ3n) is 2.72. The van der Waals surface area contributed by atoms with Crippen molar-refractivity contribution in [2.75, 3.05) is 5.73 Å². The molecule has 76 valence electrons. The van der Waals surface area contributed by atoms with E-state index < -0.39 is 0 Å². The highest BCUT2D eigenvalue weighted by molar-refractivity contribution is 7.17. The van der Waals surface area contributed by atoms with E-state index in [-0.39, 0.29) is 11.7 Å². The van der Waals surface area contributed by atoms with Crippen LogP contribution < -0.4 is 5.73 Å². The van der Waals surface area contributed by atoms with Crippen LogP contribution in [0.3, 0.4) is 0 Å². The van der Waals surface area contributed by atoms with Crippen molar-refractivity contribution in [1.82, 2.24) is 4.98 Å². The van der Waals surface area contributed by atoms with E-state index in [2.05, 4.69) is 11.9 Å². The summed E-state index contributed by atoms with van der Waals surface area (Å²) in [5, 5.41) is 1.30. The van der Waals surface area contributed by atoms with Gasteiger partial charge in [0.15, 0.2) is 10.8 Å². The number of Topliss-reactive ketones (excluding diaryl/α,β-unsaturated/α-hetero) is 1. The summed E-state index contributed by atoms with van der Waals surface area (Å²) in [7, 11) is 0. The first-order valence-corrected chi connectivity index (χ1v) is 5.74. The molecule has 0 saturated heterocycles. The highest BCUT2D eigenvalue weighted by Gasteiger charge is 2.40. The molecule has 2 atom stereocenters. The van der Waals surface area contributed by atoms with Gasteiger partial charge in [-0.3, -0.25) is 4.79 Å². The summed E-state index contributed by atoms with van der Waals surface area (Å²) in [6.07, 6.45) is 1.82. The molecule has 1 aliphatic rings. The minimum absolute atomic E-state index is 0.189. The maximum atomic E-state index is 11.8. The molecule has 1 saturated carbocycles. The number of aromatic nitrogens is 1. The number of thiazole rings is 1. The normalized spacial score (nSPS) is 25.0. The van der Waals surface area contributed by atoms with Crippen molar-refractivity contribution in [3.8, 4) is 0 Å². The Morgan fingerprint density at radius 2 is 2.36 bits per heavy atom. The Kier molecular flexibility index (Phi) is 2.31. The second kappa shape index (κ2) is 3.35. The van der Waals surface area contributed by atoms with Gasteiger partial charge >= 0.3 is 0 Å². The van der Waals surface area contributed by atoms with E-state index in [9.17, 15) is 4.79 Å². The van der Waals surface area contributed by atoms with Gasteiger partial charge in [-0.25, -0.2) is 4.98 Å². The fourth-order valence-corrected chi connectivity index (χ4v) is 2.49. The molecule has 0 radical (unpaired) electrons. The monoisotopic (exact) mass is 210 g/mol. The lowest BCUT2D eigenvalue weighted by atomic mass is 10.2. The summed E-state index contributed by atoms with van der Waals surface area (Å²) < 4.78 is 0. The smallest absolute Gasteiger partial charge is 0.194 e. The van der Waals surface area contributed by atoms with Crippen LogP contribution in [0.15, 0.2) is 0 Å². The Morgan fingerprint density at radius 1 is 1.71 bits per heavy atom. The highest BCUT2D eigenvalue weighted by Crippen LogP contribution is 2.41. The molecule has 2 rings (SSSR count). The number of nitrogen functional groups attached to an aromatic ring is 1. The molecule has 1 aromatic rings. The van der Waals surface area contributed by atoms with Crippen molar-refractivity contribution in [2.45, 2.75) is 26.7 Å². The van der Waals surface area contributed by atoms with Crippen LogP contribution >= 0.6 is 11.3 Å². The first-order chi connectivity index (χ1) is 6.63. The van der Waals surface area contributed by atoms with E-state index >= 15 is 0 Å². The van der Waals surface area contributed by atoms with Crippen LogP contribution in [0, 0.1) is 11.8 Å². The Bertz CT molecular complexity index is 372. The number of hydrogen-bond acceptors (Lipinski definition) is 4. The van der Waals surface area contributed by atoms with Crippen LogP contribution in [-0.2, 0) is 6.42 Å². The van der Waals surface area contributed by atoms with Gasteiger partial charge in [-0.1, -0.05) is 25.2 Å². The molecule has 14 heavy (non-hydrogen) atoms. The van der Waals surface area contributed by atoms with Gasteiger partial charge in [-0.05, 0) is 18.8 Å². The molecule has 3 nitrogen and oxygen atoms in total. The Balaban J connectivity index is 2.20. The zero-order valence-corrected chi connectivity index (χ0v) is 9.23. The molecular formula is C10H14N2OS. The summed E-state index contributed by atoms with van der Waals surface area (Å²) in [5.41, 5.74) is 6.62. The van der Waals surface area contributed by atoms with Crippen molar-refractivity contribution in [3.63, 3.8) is 0 Å². The van der Waals surface area contributed by atoms with Gasteiger partial charge in [0, 0.05) is 5.92 Å². The third kappa shape index (κ3) is 1.54. The topological polar surface area (TPSA) is 56.0 Å². The number of ketones is 1. The van der Waals surface area contributed by atoms with Crippen molar-refractivity contribution in [3.05, 3.63) is 10.7 Å². The molecule has 4 heteroatoms. The third-order valence-corrected chi connectivity index (χ3v) is 3.66. The van der Waals surface area contributed by atoms with E-state index in [0.717, 1.165) is 18.5 Å². The van der Waals surface area contributed by atoms with Gasteiger partial charge in [0.1, 0.15) is 5.00 Å². The van der Waals surface area contributed by atoms with Gasteiger partial charge in [-0.2, -0.15) is 0 Å².